The van der Waals surface area contributed by atoms with Crippen molar-refractivity contribution in [2.45, 2.75) is 6.92 Å². The van der Waals surface area contributed by atoms with Gasteiger partial charge in [-0.1, -0.05) is 15.9 Å². The molecular weight excluding hydrogens is 343 g/mol. The number of halogens is 2. The predicted molar refractivity (Wildman–Crippen MR) is 76.5 cm³/mol. The maximum atomic E-state index is 13.5. The minimum absolute atomic E-state index is 0.149. The van der Waals surface area contributed by atoms with Gasteiger partial charge in [-0.05, 0) is 37.3 Å². The van der Waals surface area contributed by atoms with Crippen LogP contribution in [0.2, 0.25) is 0 Å². The molecule has 0 amide bonds. The molecule has 0 N–H and O–H groups in total. The Balaban J connectivity index is 2.22. The highest BCUT2D eigenvalue weighted by Crippen LogP contribution is 2.19. The first kappa shape index (κ1) is 15.3. The van der Waals surface area contributed by atoms with E-state index < -0.39 is 29.3 Å². The van der Waals surface area contributed by atoms with Crippen molar-refractivity contribution in [3.8, 4) is 0 Å². The van der Waals surface area contributed by atoms with Crippen LogP contribution < -0.4 is 0 Å². The van der Waals surface area contributed by atoms with Crippen LogP contribution in [-0.4, -0.2) is 17.5 Å². The number of carbonyl (C=O) groups is 3. The number of ether oxygens (including phenoxy) is 1. The van der Waals surface area contributed by atoms with E-state index in [0.29, 0.717) is 4.47 Å². The molecule has 1 aliphatic heterocycles. The second-order valence-corrected chi connectivity index (χ2v) is 5.33. The lowest BCUT2D eigenvalue weighted by molar-refractivity contribution is -0.151. The molecule has 1 aromatic carbocycles. The van der Waals surface area contributed by atoms with E-state index in [2.05, 4.69) is 15.9 Å². The average Bonchev–Trinajstić information content (AvgIpc) is 2.38. The Morgan fingerprint density at radius 2 is 2.10 bits per heavy atom. The molecule has 0 saturated carbocycles. The Labute approximate surface area is 128 Å². The second-order valence-electron chi connectivity index (χ2n) is 4.41. The Morgan fingerprint density at radius 1 is 1.38 bits per heavy atom. The van der Waals surface area contributed by atoms with Crippen molar-refractivity contribution in [3.05, 3.63) is 52.0 Å². The molecule has 0 bridgehead atoms. The molecule has 2 rings (SSSR count). The van der Waals surface area contributed by atoms with Gasteiger partial charge in [0, 0.05) is 16.1 Å². The van der Waals surface area contributed by atoms with E-state index >= 15 is 0 Å². The van der Waals surface area contributed by atoms with Gasteiger partial charge < -0.3 is 4.74 Å². The van der Waals surface area contributed by atoms with Gasteiger partial charge >= 0.3 is 5.97 Å². The van der Waals surface area contributed by atoms with Gasteiger partial charge in [0.1, 0.15) is 11.6 Å². The van der Waals surface area contributed by atoms with Gasteiger partial charge in [-0.25, -0.2) is 4.39 Å². The van der Waals surface area contributed by atoms with Crippen LogP contribution in [-0.2, 0) is 19.1 Å². The molecule has 0 spiro atoms. The molecule has 1 heterocycles. The summed E-state index contributed by atoms with van der Waals surface area (Å²) in [7, 11) is 0. The van der Waals surface area contributed by atoms with Gasteiger partial charge in [0.2, 0.25) is 0 Å². The molecule has 1 aliphatic rings. The van der Waals surface area contributed by atoms with Crippen LogP contribution in [0, 0.1) is 11.7 Å². The zero-order valence-corrected chi connectivity index (χ0v) is 12.5. The molecular formula is C15H10BrFO4. The van der Waals surface area contributed by atoms with Gasteiger partial charge in [0.05, 0.1) is 0 Å². The molecule has 108 valence electrons. The van der Waals surface area contributed by atoms with Crippen LogP contribution >= 0.6 is 15.9 Å². The molecule has 0 radical (unpaired) electrons. The highest BCUT2D eigenvalue weighted by atomic mass is 79.9. The number of cyclic esters (lactones) is 1. The smallest absolute Gasteiger partial charge is 0.329 e. The highest BCUT2D eigenvalue weighted by Gasteiger charge is 2.36. The Kier molecular flexibility index (Phi) is 4.47. The topological polar surface area (TPSA) is 60.4 Å². The number of esters is 1. The number of allylic oxidation sites excluding steroid dienone is 3. The minimum Gasteiger partial charge on any atom is -0.430 e. The van der Waals surface area contributed by atoms with E-state index in [4.69, 9.17) is 4.74 Å². The molecule has 1 aromatic rings. The zero-order chi connectivity index (χ0) is 15.6. The second kappa shape index (κ2) is 6.13. The number of carbonyl (C=O) groups excluding carboxylic acids is 3. The van der Waals surface area contributed by atoms with Crippen molar-refractivity contribution >= 4 is 39.5 Å². The fraction of sp³-hybridized carbons (Fsp3) is 0.133. The van der Waals surface area contributed by atoms with Crippen LogP contribution in [0.3, 0.4) is 0 Å². The minimum atomic E-state index is -1.51. The molecule has 0 fully saturated rings. The van der Waals surface area contributed by atoms with Gasteiger partial charge in [0.15, 0.2) is 17.5 Å². The van der Waals surface area contributed by atoms with Crippen molar-refractivity contribution < 1.29 is 23.5 Å². The molecule has 0 aliphatic carbocycles. The van der Waals surface area contributed by atoms with Crippen molar-refractivity contribution in [2.75, 3.05) is 0 Å². The Hall–Kier alpha value is -2.08. The first-order valence-electron chi connectivity index (χ1n) is 5.99. The molecule has 4 nitrogen and oxygen atoms in total. The third kappa shape index (κ3) is 3.52. The quantitative estimate of drug-likeness (QED) is 0.476. The molecule has 0 aromatic heterocycles. The number of benzene rings is 1. The summed E-state index contributed by atoms with van der Waals surface area (Å²) in [5.74, 6) is -4.17. The zero-order valence-electron chi connectivity index (χ0n) is 10.9. The molecule has 1 unspecified atom stereocenters. The van der Waals surface area contributed by atoms with Gasteiger partial charge in [-0.3, -0.25) is 14.4 Å². The third-order valence-electron chi connectivity index (χ3n) is 2.80. The highest BCUT2D eigenvalue weighted by molar-refractivity contribution is 9.10. The summed E-state index contributed by atoms with van der Waals surface area (Å²) in [5.41, 5.74) is 0.168. The van der Waals surface area contributed by atoms with Gasteiger partial charge in [-0.2, -0.15) is 0 Å². The SMILES string of the molecule is CC1=CC(=O)C(C(=O)/C=C/c2cc(Br)ccc2F)C(=O)O1. The summed E-state index contributed by atoms with van der Waals surface area (Å²) in [6, 6.07) is 4.23. The van der Waals surface area contributed by atoms with Crippen molar-refractivity contribution in [3.63, 3.8) is 0 Å². The monoisotopic (exact) mass is 352 g/mol. The van der Waals surface area contributed by atoms with Crippen LogP contribution in [0.25, 0.3) is 6.08 Å². The number of ketones is 2. The predicted octanol–water partition coefficient (Wildman–Crippen LogP) is 2.82. The maximum Gasteiger partial charge on any atom is 0.329 e. The van der Waals surface area contributed by atoms with Gasteiger partial charge in [0.25, 0.3) is 0 Å². The summed E-state index contributed by atoms with van der Waals surface area (Å²) in [4.78, 5) is 35.2. The summed E-state index contributed by atoms with van der Waals surface area (Å²) >= 11 is 3.18. The van der Waals surface area contributed by atoms with Crippen LogP contribution in [0.15, 0.2) is 40.6 Å². The fourth-order valence-electron chi connectivity index (χ4n) is 1.81. The number of hydrogen-bond donors (Lipinski definition) is 0. The third-order valence-corrected chi connectivity index (χ3v) is 3.29. The number of hydrogen-bond acceptors (Lipinski definition) is 4. The lowest BCUT2D eigenvalue weighted by atomic mass is 9.96. The van der Waals surface area contributed by atoms with Gasteiger partial charge in [-0.15, -0.1) is 0 Å². The van der Waals surface area contributed by atoms with Crippen molar-refractivity contribution in [1.82, 2.24) is 0 Å². The van der Waals surface area contributed by atoms with E-state index in [-0.39, 0.29) is 11.3 Å². The summed E-state index contributed by atoms with van der Waals surface area (Å²) in [6.07, 6.45) is 3.31. The molecule has 6 heteroatoms. The Morgan fingerprint density at radius 3 is 2.76 bits per heavy atom. The number of rotatable bonds is 3. The molecule has 0 saturated heterocycles. The van der Waals surface area contributed by atoms with E-state index in [1.54, 1.807) is 0 Å². The summed E-state index contributed by atoms with van der Waals surface area (Å²) in [6.45, 7) is 1.45. The van der Waals surface area contributed by atoms with E-state index in [9.17, 15) is 18.8 Å². The standard InChI is InChI=1S/C15H10BrFO4/c1-8-6-13(19)14(15(20)21-8)12(18)5-2-9-7-10(16)3-4-11(9)17/h2-7,14H,1H3/b5-2+. The largest absolute Gasteiger partial charge is 0.430 e. The molecule has 21 heavy (non-hydrogen) atoms. The van der Waals surface area contributed by atoms with Crippen molar-refractivity contribution in [2.24, 2.45) is 5.92 Å². The fourth-order valence-corrected chi connectivity index (χ4v) is 2.19. The normalized spacial score (nSPS) is 18.6. The maximum absolute atomic E-state index is 13.5. The lowest BCUT2D eigenvalue weighted by Gasteiger charge is -2.15. The first-order valence-corrected chi connectivity index (χ1v) is 6.78. The van der Waals surface area contributed by atoms with E-state index in [1.165, 1.54) is 31.2 Å². The van der Waals surface area contributed by atoms with Crippen LogP contribution in [0.4, 0.5) is 4.39 Å². The van der Waals surface area contributed by atoms with Crippen LogP contribution in [0.5, 0.6) is 0 Å². The summed E-state index contributed by atoms with van der Waals surface area (Å²) < 4.78 is 18.9. The van der Waals surface area contributed by atoms with Crippen molar-refractivity contribution in [1.29, 1.82) is 0 Å². The van der Waals surface area contributed by atoms with Crippen LogP contribution in [0.1, 0.15) is 12.5 Å². The first-order chi connectivity index (χ1) is 9.88. The summed E-state index contributed by atoms with van der Waals surface area (Å²) in [5, 5.41) is 0. The molecule has 1 atom stereocenters. The van der Waals surface area contributed by atoms with E-state index in [0.717, 1.165) is 12.2 Å². The van der Waals surface area contributed by atoms with E-state index in [1.807, 2.05) is 0 Å². The Bertz CT molecular complexity index is 691. The lowest BCUT2D eigenvalue weighted by Crippen LogP contribution is -2.34. The average molecular weight is 353 g/mol.